The third kappa shape index (κ3) is 3.51. The Kier molecular flexibility index (Phi) is 4.69. The van der Waals surface area contributed by atoms with E-state index in [0.717, 1.165) is 24.8 Å². The van der Waals surface area contributed by atoms with E-state index in [4.69, 9.17) is 0 Å². The first-order chi connectivity index (χ1) is 6.74. The fraction of sp³-hybridized carbons (Fsp3) is 0.692. The van der Waals surface area contributed by atoms with Gasteiger partial charge in [-0.3, -0.25) is 0 Å². The topological polar surface area (TPSA) is 17.1 Å². The van der Waals surface area contributed by atoms with Crippen LogP contribution < -0.4 is 0 Å². The second kappa shape index (κ2) is 5.82. The van der Waals surface area contributed by atoms with Crippen LogP contribution in [0, 0.1) is 5.92 Å². The molecule has 1 aliphatic carbocycles. The summed E-state index contributed by atoms with van der Waals surface area (Å²) >= 11 is 0. The van der Waals surface area contributed by atoms with Crippen molar-refractivity contribution in [2.75, 3.05) is 0 Å². The summed E-state index contributed by atoms with van der Waals surface area (Å²) in [5, 5.41) is 0. The molecule has 1 heteroatoms. The highest BCUT2D eigenvalue weighted by molar-refractivity contribution is 5.53. The van der Waals surface area contributed by atoms with Gasteiger partial charge in [0.25, 0.3) is 0 Å². The SMILES string of the molecule is CC(C)=CCCC1CCCCC1=C=O. The van der Waals surface area contributed by atoms with Crippen LogP contribution in [0.3, 0.4) is 0 Å². The Bertz CT molecular complexity index is 252. The van der Waals surface area contributed by atoms with Gasteiger partial charge in [-0.2, -0.15) is 0 Å². The molecule has 14 heavy (non-hydrogen) atoms. The van der Waals surface area contributed by atoms with Crippen LogP contribution in [-0.2, 0) is 4.79 Å². The summed E-state index contributed by atoms with van der Waals surface area (Å²) in [5.74, 6) is 2.66. The zero-order chi connectivity index (χ0) is 10.4. The van der Waals surface area contributed by atoms with Crippen molar-refractivity contribution >= 4 is 5.94 Å². The van der Waals surface area contributed by atoms with E-state index >= 15 is 0 Å². The molecule has 1 fully saturated rings. The summed E-state index contributed by atoms with van der Waals surface area (Å²) < 4.78 is 0. The lowest BCUT2D eigenvalue weighted by Gasteiger charge is -2.21. The second-order valence-electron chi connectivity index (χ2n) is 4.43. The normalized spacial score (nSPS) is 21.6. The average Bonchev–Trinajstić information content (AvgIpc) is 2.18. The molecule has 0 aromatic rings. The summed E-state index contributed by atoms with van der Waals surface area (Å²) in [6.07, 6.45) is 9.16. The van der Waals surface area contributed by atoms with E-state index in [1.807, 2.05) is 0 Å². The molecule has 0 amide bonds. The zero-order valence-corrected chi connectivity index (χ0v) is 9.31. The largest absolute Gasteiger partial charge is 0.234 e. The molecule has 1 unspecified atom stereocenters. The molecule has 0 aromatic carbocycles. The lowest BCUT2D eigenvalue weighted by Crippen LogP contribution is -2.10. The molecule has 1 rings (SSSR count). The van der Waals surface area contributed by atoms with Gasteiger partial charge in [0.05, 0.1) is 0 Å². The summed E-state index contributed by atoms with van der Waals surface area (Å²) in [6, 6.07) is 0. The van der Waals surface area contributed by atoms with Gasteiger partial charge in [-0.05, 0) is 51.9 Å². The Morgan fingerprint density at radius 3 is 2.93 bits per heavy atom. The average molecular weight is 192 g/mol. The van der Waals surface area contributed by atoms with Crippen LogP contribution in [0.2, 0.25) is 0 Å². The Hall–Kier alpha value is -0.810. The Labute approximate surface area is 86.9 Å². The van der Waals surface area contributed by atoms with Crippen LogP contribution in [0.15, 0.2) is 17.2 Å². The van der Waals surface area contributed by atoms with Crippen molar-refractivity contribution in [3.8, 4) is 0 Å². The van der Waals surface area contributed by atoms with E-state index in [1.165, 1.54) is 24.8 Å². The lowest BCUT2D eigenvalue weighted by atomic mass is 9.82. The smallest absolute Gasteiger partial charge is 0.123 e. The van der Waals surface area contributed by atoms with Gasteiger partial charge >= 0.3 is 0 Å². The summed E-state index contributed by atoms with van der Waals surface area (Å²) in [7, 11) is 0. The maximum atomic E-state index is 10.7. The van der Waals surface area contributed by atoms with E-state index < -0.39 is 0 Å². The quantitative estimate of drug-likeness (QED) is 0.492. The molecule has 0 saturated heterocycles. The first-order valence-corrected chi connectivity index (χ1v) is 5.61. The van der Waals surface area contributed by atoms with Crippen molar-refractivity contribution in [2.45, 2.75) is 52.4 Å². The maximum absolute atomic E-state index is 10.7. The van der Waals surface area contributed by atoms with Crippen LogP contribution in [0.1, 0.15) is 52.4 Å². The monoisotopic (exact) mass is 192 g/mol. The van der Waals surface area contributed by atoms with Gasteiger partial charge in [0.2, 0.25) is 0 Å². The summed E-state index contributed by atoms with van der Waals surface area (Å²) in [4.78, 5) is 10.7. The van der Waals surface area contributed by atoms with Gasteiger partial charge in [0.1, 0.15) is 5.94 Å². The highest BCUT2D eigenvalue weighted by Gasteiger charge is 2.18. The van der Waals surface area contributed by atoms with Gasteiger partial charge in [0, 0.05) is 5.57 Å². The lowest BCUT2D eigenvalue weighted by molar-refractivity contribution is 0.430. The number of hydrogen-bond acceptors (Lipinski definition) is 1. The molecule has 0 heterocycles. The zero-order valence-electron chi connectivity index (χ0n) is 9.31. The van der Waals surface area contributed by atoms with Crippen LogP contribution in [-0.4, -0.2) is 5.94 Å². The number of hydrogen-bond donors (Lipinski definition) is 0. The summed E-state index contributed by atoms with van der Waals surface area (Å²) in [6.45, 7) is 4.24. The number of allylic oxidation sites excluding steroid dienone is 3. The molecule has 1 atom stereocenters. The van der Waals surface area contributed by atoms with E-state index in [-0.39, 0.29) is 0 Å². The molecule has 0 bridgehead atoms. The first kappa shape index (κ1) is 11.3. The number of rotatable bonds is 3. The molecule has 0 aliphatic heterocycles. The molecule has 1 saturated carbocycles. The molecule has 0 radical (unpaired) electrons. The van der Waals surface area contributed by atoms with Gasteiger partial charge in [-0.1, -0.05) is 18.1 Å². The minimum Gasteiger partial charge on any atom is -0.234 e. The molecule has 0 N–H and O–H groups in total. The number of carbonyl (C=O) groups excluding carboxylic acids is 1. The van der Waals surface area contributed by atoms with Gasteiger partial charge in [0.15, 0.2) is 0 Å². The highest BCUT2D eigenvalue weighted by atomic mass is 16.1. The van der Waals surface area contributed by atoms with Crippen molar-refractivity contribution in [3.63, 3.8) is 0 Å². The second-order valence-corrected chi connectivity index (χ2v) is 4.43. The molecule has 0 spiro atoms. The van der Waals surface area contributed by atoms with E-state index in [1.54, 1.807) is 0 Å². The van der Waals surface area contributed by atoms with Crippen molar-refractivity contribution in [1.82, 2.24) is 0 Å². The molecule has 1 nitrogen and oxygen atoms in total. The van der Waals surface area contributed by atoms with Crippen molar-refractivity contribution in [3.05, 3.63) is 17.2 Å². The van der Waals surface area contributed by atoms with Gasteiger partial charge in [-0.25, -0.2) is 4.79 Å². The molecule has 0 aromatic heterocycles. The standard InChI is InChI=1S/C13H20O/c1-11(2)6-5-9-12-7-3-4-8-13(12)10-14/h6,12H,3-5,7-9H2,1-2H3. The first-order valence-electron chi connectivity index (χ1n) is 5.61. The van der Waals surface area contributed by atoms with E-state index in [2.05, 4.69) is 25.9 Å². The fourth-order valence-electron chi connectivity index (χ4n) is 2.11. The molecule has 1 aliphatic rings. The van der Waals surface area contributed by atoms with Gasteiger partial charge < -0.3 is 0 Å². The van der Waals surface area contributed by atoms with Crippen LogP contribution in [0.25, 0.3) is 0 Å². The third-order valence-corrected chi connectivity index (χ3v) is 2.94. The minimum atomic E-state index is 0.525. The van der Waals surface area contributed by atoms with Crippen molar-refractivity contribution in [1.29, 1.82) is 0 Å². The van der Waals surface area contributed by atoms with Crippen LogP contribution in [0.4, 0.5) is 0 Å². The van der Waals surface area contributed by atoms with Crippen molar-refractivity contribution < 1.29 is 4.79 Å². The highest BCUT2D eigenvalue weighted by Crippen LogP contribution is 2.30. The van der Waals surface area contributed by atoms with Gasteiger partial charge in [-0.15, -0.1) is 0 Å². The predicted octanol–water partition coefficient (Wildman–Crippen LogP) is 3.68. The fourth-order valence-corrected chi connectivity index (χ4v) is 2.11. The predicted molar refractivity (Wildman–Crippen MR) is 59.8 cm³/mol. The Balaban J connectivity index is 2.42. The van der Waals surface area contributed by atoms with Crippen molar-refractivity contribution in [2.24, 2.45) is 5.92 Å². The summed E-state index contributed by atoms with van der Waals surface area (Å²) in [5.41, 5.74) is 2.41. The maximum Gasteiger partial charge on any atom is 0.123 e. The van der Waals surface area contributed by atoms with Crippen LogP contribution in [0.5, 0.6) is 0 Å². The molecular weight excluding hydrogens is 172 g/mol. The Morgan fingerprint density at radius 1 is 1.50 bits per heavy atom. The Morgan fingerprint density at radius 2 is 2.29 bits per heavy atom. The van der Waals surface area contributed by atoms with E-state index in [0.29, 0.717) is 5.92 Å². The molecule has 78 valence electrons. The van der Waals surface area contributed by atoms with Crippen LogP contribution >= 0.6 is 0 Å². The molecular formula is C13H20O. The third-order valence-electron chi connectivity index (χ3n) is 2.94. The minimum absolute atomic E-state index is 0.525. The van der Waals surface area contributed by atoms with E-state index in [9.17, 15) is 4.79 Å².